The summed E-state index contributed by atoms with van der Waals surface area (Å²) in [4.78, 5) is 38.5. The summed E-state index contributed by atoms with van der Waals surface area (Å²) in [6.07, 6.45) is 0. The van der Waals surface area contributed by atoms with Gasteiger partial charge < -0.3 is 20.9 Å². The van der Waals surface area contributed by atoms with Crippen LogP contribution in [0.3, 0.4) is 0 Å². The molecule has 0 spiro atoms. The number of anilines is 2. The van der Waals surface area contributed by atoms with E-state index in [2.05, 4.69) is 16.0 Å². The molecule has 0 aliphatic carbocycles. The van der Waals surface area contributed by atoms with Gasteiger partial charge >= 0.3 is 0 Å². The average Bonchev–Trinajstić information content (AvgIpc) is 2.82. The molecule has 0 bridgehead atoms. The summed E-state index contributed by atoms with van der Waals surface area (Å²) in [5.74, 6) is -0.595. The lowest BCUT2D eigenvalue weighted by Gasteiger charge is -2.18. The van der Waals surface area contributed by atoms with Gasteiger partial charge in [0.2, 0.25) is 5.91 Å². The van der Waals surface area contributed by atoms with Crippen molar-refractivity contribution >= 4 is 29.1 Å². The van der Waals surface area contributed by atoms with Crippen molar-refractivity contribution in [1.29, 1.82) is 0 Å². The molecule has 3 amide bonds. The lowest BCUT2D eigenvalue weighted by Crippen LogP contribution is -2.26. The van der Waals surface area contributed by atoms with Crippen LogP contribution >= 0.6 is 0 Å². The number of amides is 3. The Morgan fingerprint density at radius 1 is 0.812 bits per heavy atom. The maximum Gasteiger partial charge on any atom is 0.253 e. The number of hydrogen-bond donors (Lipinski definition) is 3. The highest BCUT2D eigenvalue weighted by molar-refractivity contribution is 5.98. The molecule has 164 valence electrons. The van der Waals surface area contributed by atoms with Crippen LogP contribution in [-0.2, 0) is 11.3 Å². The molecule has 0 radical (unpaired) electrons. The van der Waals surface area contributed by atoms with E-state index in [9.17, 15) is 14.4 Å². The van der Waals surface area contributed by atoms with Gasteiger partial charge in [0.05, 0.1) is 6.54 Å². The molecule has 3 aromatic rings. The van der Waals surface area contributed by atoms with E-state index in [1.165, 1.54) is 0 Å². The summed E-state index contributed by atoms with van der Waals surface area (Å²) in [5.41, 5.74) is 3.24. The maximum atomic E-state index is 12.8. The number of carbonyl (C=O) groups is 3. The molecule has 0 saturated carbocycles. The fourth-order valence-electron chi connectivity index (χ4n) is 3.18. The number of rotatable bonds is 8. The van der Waals surface area contributed by atoms with Gasteiger partial charge in [-0.25, -0.2) is 0 Å². The highest BCUT2D eigenvalue weighted by Crippen LogP contribution is 2.15. The topological polar surface area (TPSA) is 90.5 Å². The first kappa shape index (κ1) is 22.6. The SMILES string of the molecule is CNC(=O)c1cccc(NC(=O)CNc2cccc(C(=O)N(C)Cc3ccccc3)c2)c1. The van der Waals surface area contributed by atoms with E-state index in [1.54, 1.807) is 67.5 Å². The fourth-order valence-corrected chi connectivity index (χ4v) is 3.18. The third-order valence-electron chi connectivity index (χ3n) is 4.81. The van der Waals surface area contributed by atoms with E-state index in [0.29, 0.717) is 29.0 Å². The molecule has 0 aliphatic heterocycles. The molecule has 0 atom stereocenters. The lowest BCUT2D eigenvalue weighted by molar-refractivity contribution is -0.114. The third kappa shape index (κ3) is 6.18. The van der Waals surface area contributed by atoms with Gasteiger partial charge in [-0.3, -0.25) is 14.4 Å². The van der Waals surface area contributed by atoms with Gasteiger partial charge in [0, 0.05) is 43.1 Å². The second kappa shape index (κ2) is 10.8. The molecule has 0 saturated heterocycles. The van der Waals surface area contributed by atoms with Crippen molar-refractivity contribution in [1.82, 2.24) is 10.2 Å². The van der Waals surface area contributed by atoms with Crippen LogP contribution in [0.2, 0.25) is 0 Å². The average molecular weight is 431 g/mol. The standard InChI is InChI=1S/C25H26N4O3/c1-26-24(31)19-10-6-13-22(14-19)28-23(30)16-27-21-12-7-11-20(15-21)25(32)29(2)17-18-8-4-3-5-9-18/h3-15,27H,16-17H2,1-2H3,(H,26,31)(H,28,30). The third-order valence-corrected chi connectivity index (χ3v) is 4.81. The van der Waals surface area contributed by atoms with Gasteiger partial charge in [-0.15, -0.1) is 0 Å². The molecule has 0 fully saturated rings. The minimum atomic E-state index is -0.267. The van der Waals surface area contributed by atoms with Crippen LogP contribution < -0.4 is 16.0 Å². The number of nitrogens with one attached hydrogen (secondary N) is 3. The van der Waals surface area contributed by atoms with E-state index >= 15 is 0 Å². The second-order valence-corrected chi connectivity index (χ2v) is 7.29. The summed E-state index contributed by atoms with van der Waals surface area (Å²) in [6, 6.07) is 23.5. The van der Waals surface area contributed by atoms with Gasteiger partial charge in [-0.1, -0.05) is 42.5 Å². The Morgan fingerprint density at radius 2 is 1.47 bits per heavy atom. The fraction of sp³-hybridized carbons (Fsp3) is 0.160. The summed E-state index contributed by atoms with van der Waals surface area (Å²) in [7, 11) is 3.31. The molecule has 7 nitrogen and oxygen atoms in total. The molecular formula is C25H26N4O3. The molecule has 3 rings (SSSR count). The minimum Gasteiger partial charge on any atom is -0.376 e. The number of benzene rings is 3. The number of nitrogens with zero attached hydrogens (tertiary/aromatic N) is 1. The zero-order chi connectivity index (χ0) is 22.9. The van der Waals surface area contributed by atoms with Crippen molar-refractivity contribution < 1.29 is 14.4 Å². The lowest BCUT2D eigenvalue weighted by atomic mass is 10.1. The Bertz CT molecular complexity index is 1100. The van der Waals surface area contributed by atoms with Crippen molar-refractivity contribution in [2.75, 3.05) is 31.3 Å². The second-order valence-electron chi connectivity index (χ2n) is 7.29. The quantitative estimate of drug-likeness (QED) is 0.511. The number of carbonyl (C=O) groups excluding carboxylic acids is 3. The predicted octanol–water partition coefficient (Wildman–Crippen LogP) is 3.37. The highest BCUT2D eigenvalue weighted by Gasteiger charge is 2.13. The Kier molecular flexibility index (Phi) is 7.59. The van der Waals surface area contributed by atoms with Crippen LogP contribution in [0, 0.1) is 0 Å². The normalized spacial score (nSPS) is 10.2. The summed E-state index contributed by atoms with van der Waals surface area (Å²) in [6.45, 7) is 0.524. The smallest absolute Gasteiger partial charge is 0.253 e. The zero-order valence-electron chi connectivity index (χ0n) is 18.1. The van der Waals surface area contributed by atoms with Gasteiger partial charge in [0.1, 0.15) is 0 Å². The maximum absolute atomic E-state index is 12.8. The van der Waals surface area contributed by atoms with Crippen molar-refractivity contribution in [3.63, 3.8) is 0 Å². The van der Waals surface area contributed by atoms with Crippen LogP contribution in [0.15, 0.2) is 78.9 Å². The molecule has 0 heterocycles. The Morgan fingerprint density at radius 3 is 2.19 bits per heavy atom. The van der Waals surface area contributed by atoms with Crippen molar-refractivity contribution in [3.05, 3.63) is 95.6 Å². The minimum absolute atomic E-state index is 0.0156. The molecule has 0 aromatic heterocycles. The van der Waals surface area contributed by atoms with Crippen LogP contribution in [0.25, 0.3) is 0 Å². The number of hydrogen-bond acceptors (Lipinski definition) is 4. The van der Waals surface area contributed by atoms with Gasteiger partial charge in [-0.05, 0) is 42.0 Å². The van der Waals surface area contributed by atoms with E-state index in [4.69, 9.17) is 0 Å². The van der Waals surface area contributed by atoms with Gasteiger partial charge in [0.25, 0.3) is 11.8 Å². The first-order chi connectivity index (χ1) is 15.5. The molecule has 0 unspecified atom stereocenters. The van der Waals surface area contributed by atoms with Crippen LogP contribution in [0.5, 0.6) is 0 Å². The molecule has 3 N–H and O–H groups in total. The van der Waals surface area contributed by atoms with Crippen LogP contribution in [0.1, 0.15) is 26.3 Å². The van der Waals surface area contributed by atoms with E-state index < -0.39 is 0 Å². The van der Waals surface area contributed by atoms with Gasteiger partial charge in [0.15, 0.2) is 0 Å². The van der Waals surface area contributed by atoms with E-state index in [0.717, 1.165) is 5.56 Å². The first-order valence-electron chi connectivity index (χ1n) is 10.2. The van der Waals surface area contributed by atoms with E-state index in [-0.39, 0.29) is 24.3 Å². The van der Waals surface area contributed by atoms with Crippen molar-refractivity contribution in [2.24, 2.45) is 0 Å². The predicted molar refractivity (Wildman–Crippen MR) is 126 cm³/mol. The summed E-state index contributed by atoms with van der Waals surface area (Å²) in [5, 5.41) is 8.34. The van der Waals surface area contributed by atoms with Gasteiger partial charge in [-0.2, -0.15) is 0 Å². The van der Waals surface area contributed by atoms with E-state index in [1.807, 2.05) is 30.3 Å². The molecule has 32 heavy (non-hydrogen) atoms. The molecule has 3 aromatic carbocycles. The Labute approximate surface area is 187 Å². The van der Waals surface area contributed by atoms with Crippen molar-refractivity contribution in [3.8, 4) is 0 Å². The van der Waals surface area contributed by atoms with Crippen LogP contribution in [-0.4, -0.2) is 43.3 Å². The van der Waals surface area contributed by atoms with Crippen molar-refractivity contribution in [2.45, 2.75) is 6.54 Å². The monoisotopic (exact) mass is 430 g/mol. The van der Waals surface area contributed by atoms with Crippen LogP contribution in [0.4, 0.5) is 11.4 Å². The Balaban J connectivity index is 1.57. The summed E-state index contributed by atoms with van der Waals surface area (Å²) >= 11 is 0. The summed E-state index contributed by atoms with van der Waals surface area (Å²) < 4.78 is 0. The molecule has 7 heteroatoms. The Hall–Kier alpha value is -4.13. The highest BCUT2D eigenvalue weighted by atomic mass is 16.2. The molecular weight excluding hydrogens is 404 g/mol. The molecule has 0 aliphatic rings. The largest absolute Gasteiger partial charge is 0.376 e. The zero-order valence-corrected chi connectivity index (χ0v) is 18.1. The first-order valence-corrected chi connectivity index (χ1v) is 10.2.